The van der Waals surface area contributed by atoms with Crippen molar-refractivity contribution in [3.8, 4) is 0 Å². The summed E-state index contributed by atoms with van der Waals surface area (Å²) in [6, 6.07) is 6.75. The van der Waals surface area contributed by atoms with E-state index in [4.69, 9.17) is 8.92 Å². The van der Waals surface area contributed by atoms with Crippen molar-refractivity contribution in [3.05, 3.63) is 29.8 Å². The summed E-state index contributed by atoms with van der Waals surface area (Å²) in [4.78, 5) is 15.9. The summed E-state index contributed by atoms with van der Waals surface area (Å²) in [5, 5.41) is 0. The second-order valence-electron chi connectivity index (χ2n) is 14.7. The van der Waals surface area contributed by atoms with Gasteiger partial charge in [0.1, 0.15) is 5.60 Å². The van der Waals surface area contributed by atoms with E-state index in [1.807, 2.05) is 27.7 Å². The van der Waals surface area contributed by atoms with Crippen molar-refractivity contribution in [2.45, 2.75) is 135 Å². The summed E-state index contributed by atoms with van der Waals surface area (Å²) in [5.74, 6) is 0.721. The predicted octanol–water partition coefficient (Wildman–Crippen LogP) is 8.03. The Labute approximate surface area is 237 Å². The lowest BCUT2D eigenvalue weighted by Gasteiger charge is -2.67. The van der Waals surface area contributed by atoms with Gasteiger partial charge in [0, 0.05) is 12.1 Å². The maximum absolute atomic E-state index is 13.6. The highest BCUT2D eigenvalue weighted by molar-refractivity contribution is 7.86. The first-order valence-electron chi connectivity index (χ1n) is 15.1. The van der Waals surface area contributed by atoms with Gasteiger partial charge < -0.3 is 9.64 Å². The van der Waals surface area contributed by atoms with Crippen LogP contribution in [0.5, 0.6) is 0 Å². The minimum atomic E-state index is -3.69. The third kappa shape index (κ3) is 7.58. The lowest BCUT2D eigenvalue weighted by Crippen LogP contribution is -2.66. The molecule has 0 aliphatic heterocycles. The highest BCUT2D eigenvalue weighted by Crippen LogP contribution is 2.67. The van der Waals surface area contributed by atoms with Crippen molar-refractivity contribution in [2.75, 3.05) is 13.2 Å². The second kappa shape index (κ2) is 11.3. The van der Waals surface area contributed by atoms with Crippen LogP contribution in [0.3, 0.4) is 0 Å². The van der Waals surface area contributed by atoms with Gasteiger partial charge >= 0.3 is 6.09 Å². The summed E-state index contributed by atoms with van der Waals surface area (Å²) in [6.07, 6.45) is 12.9. The van der Waals surface area contributed by atoms with Gasteiger partial charge in [0.05, 0.1) is 11.5 Å². The molecular formula is C32H51NO5S. The van der Waals surface area contributed by atoms with E-state index in [0.29, 0.717) is 10.8 Å². The van der Waals surface area contributed by atoms with Gasteiger partial charge in [-0.25, -0.2) is 4.79 Å². The Morgan fingerprint density at radius 2 is 1.46 bits per heavy atom. The Balaban J connectivity index is 1.24. The first kappa shape index (κ1) is 30.4. The molecule has 4 bridgehead atoms. The Kier molecular flexibility index (Phi) is 8.83. The standard InChI is InChI=1S/C32H51NO5S/c1-25-13-15-27(16-14-25)39(35,36)37-18-12-10-8-7-9-11-17-33(28(34)38-29(2,3)4)32-21-26-19-30(5,23-32)22-31(6,20-26)24-32/h13-16,26H,7-12,17-24H2,1-6H3/t26?,30-,31+,32?. The Bertz CT molecular complexity index is 1090. The Morgan fingerprint density at radius 3 is 2.03 bits per heavy atom. The molecule has 4 aliphatic rings. The number of hydrogen-bond acceptors (Lipinski definition) is 5. The number of nitrogens with zero attached hydrogens (tertiary/aromatic N) is 1. The van der Waals surface area contributed by atoms with Crippen LogP contribution in [0.15, 0.2) is 29.2 Å². The molecule has 0 aromatic heterocycles. The van der Waals surface area contributed by atoms with Crippen LogP contribution in [0.4, 0.5) is 4.79 Å². The fourth-order valence-corrected chi connectivity index (χ4v) is 9.49. The lowest BCUT2D eigenvalue weighted by molar-refractivity contribution is -0.157. The van der Waals surface area contributed by atoms with E-state index in [-0.39, 0.29) is 23.1 Å². The van der Waals surface area contributed by atoms with E-state index in [1.165, 1.54) is 19.3 Å². The first-order chi connectivity index (χ1) is 18.1. The molecule has 0 heterocycles. The number of ether oxygens (including phenoxy) is 1. The van der Waals surface area contributed by atoms with Crippen LogP contribution in [-0.2, 0) is 19.0 Å². The van der Waals surface area contributed by atoms with Crippen LogP contribution >= 0.6 is 0 Å². The highest BCUT2D eigenvalue weighted by atomic mass is 32.2. The molecule has 0 radical (unpaired) electrons. The molecule has 4 atom stereocenters. The largest absolute Gasteiger partial charge is 0.444 e. The number of aryl methyl sites for hydroxylation is 1. The molecule has 1 aromatic carbocycles. The number of rotatable bonds is 12. The molecule has 0 spiro atoms. The maximum atomic E-state index is 13.6. The average Bonchev–Trinajstić information content (AvgIpc) is 2.76. The molecule has 4 aliphatic carbocycles. The van der Waals surface area contributed by atoms with Crippen molar-refractivity contribution in [2.24, 2.45) is 16.7 Å². The van der Waals surface area contributed by atoms with E-state index < -0.39 is 15.7 Å². The van der Waals surface area contributed by atoms with E-state index >= 15 is 0 Å². The van der Waals surface area contributed by atoms with Crippen molar-refractivity contribution in [1.82, 2.24) is 4.90 Å². The summed E-state index contributed by atoms with van der Waals surface area (Å²) in [7, 11) is -3.69. The minimum absolute atomic E-state index is 0.0640. The molecule has 39 heavy (non-hydrogen) atoms. The summed E-state index contributed by atoms with van der Waals surface area (Å²) in [5.41, 5.74) is 1.13. The normalized spacial score (nSPS) is 29.9. The molecule has 1 amide bonds. The van der Waals surface area contributed by atoms with Crippen molar-refractivity contribution in [1.29, 1.82) is 0 Å². The lowest BCUT2D eigenvalue weighted by atomic mass is 9.42. The van der Waals surface area contributed by atoms with Crippen LogP contribution in [0.1, 0.15) is 117 Å². The third-order valence-electron chi connectivity index (χ3n) is 9.11. The quantitative estimate of drug-likeness (QED) is 0.191. The van der Waals surface area contributed by atoms with Gasteiger partial charge in [0.2, 0.25) is 0 Å². The molecule has 2 unspecified atom stereocenters. The van der Waals surface area contributed by atoms with E-state index in [2.05, 4.69) is 18.7 Å². The monoisotopic (exact) mass is 561 g/mol. The number of hydrogen-bond donors (Lipinski definition) is 0. The molecule has 6 nitrogen and oxygen atoms in total. The Hall–Kier alpha value is -1.60. The molecule has 4 fully saturated rings. The van der Waals surface area contributed by atoms with Crippen molar-refractivity contribution >= 4 is 16.2 Å². The predicted molar refractivity (Wildman–Crippen MR) is 155 cm³/mol. The molecule has 0 N–H and O–H groups in total. The summed E-state index contributed by atoms with van der Waals surface area (Å²) >= 11 is 0. The van der Waals surface area contributed by atoms with Crippen LogP contribution in [0.25, 0.3) is 0 Å². The fourth-order valence-electron chi connectivity index (χ4n) is 8.55. The topological polar surface area (TPSA) is 72.9 Å². The smallest absolute Gasteiger partial charge is 0.410 e. The van der Waals surface area contributed by atoms with Crippen LogP contribution in [0.2, 0.25) is 0 Å². The second-order valence-corrected chi connectivity index (χ2v) is 16.3. The van der Waals surface area contributed by atoms with E-state index in [9.17, 15) is 13.2 Å². The van der Waals surface area contributed by atoms with Crippen LogP contribution in [-0.4, -0.2) is 43.7 Å². The zero-order valence-corrected chi connectivity index (χ0v) is 26.0. The van der Waals surface area contributed by atoms with Crippen LogP contribution in [0, 0.1) is 23.7 Å². The molecule has 7 heteroatoms. The third-order valence-corrected chi connectivity index (χ3v) is 10.4. The van der Waals surface area contributed by atoms with Crippen molar-refractivity contribution in [3.63, 3.8) is 0 Å². The fraction of sp³-hybridized carbons (Fsp3) is 0.781. The molecule has 5 rings (SSSR count). The molecule has 0 saturated heterocycles. The highest BCUT2D eigenvalue weighted by Gasteiger charge is 2.62. The SMILES string of the molecule is Cc1ccc(S(=O)(=O)OCCCCCCCCN(C(=O)OC(C)(C)C)C23CC4C[C@@](C)(C2)C[C@](C)(C4)C3)cc1. The zero-order chi connectivity index (χ0) is 28.5. The van der Waals surface area contributed by atoms with Gasteiger partial charge in [-0.3, -0.25) is 4.18 Å². The molecule has 1 aromatic rings. The Morgan fingerprint density at radius 1 is 0.897 bits per heavy atom. The van der Waals surface area contributed by atoms with E-state index in [1.54, 1.807) is 24.3 Å². The first-order valence-corrected chi connectivity index (χ1v) is 16.5. The van der Waals surface area contributed by atoms with Gasteiger partial charge in [-0.05, 0) is 108 Å². The number of carbonyl (C=O) groups excluding carboxylic acids is 1. The number of amides is 1. The van der Waals surface area contributed by atoms with Gasteiger partial charge in [-0.2, -0.15) is 8.42 Å². The maximum Gasteiger partial charge on any atom is 0.410 e. The average molecular weight is 562 g/mol. The van der Waals surface area contributed by atoms with Gasteiger partial charge in [0.15, 0.2) is 0 Å². The minimum Gasteiger partial charge on any atom is -0.444 e. The number of benzene rings is 1. The zero-order valence-electron chi connectivity index (χ0n) is 25.2. The van der Waals surface area contributed by atoms with Gasteiger partial charge in [-0.1, -0.05) is 57.2 Å². The molecule has 220 valence electrons. The van der Waals surface area contributed by atoms with Gasteiger partial charge in [0.25, 0.3) is 10.1 Å². The molecular weight excluding hydrogens is 510 g/mol. The number of carbonyl (C=O) groups is 1. The van der Waals surface area contributed by atoms with Gasteiger partial charge in [-0.15, -0.1) is 0 Å². The van der Waals surface area contributed by atoms with E-state index in [0.717, 1.165) is 75.8 Å². The number of unbranched alkanes of at least 4 members (excludes halogenated alkanes) is 5. The van der Waals surface area contributed by atoms with Crippen LogP contribution < -0.4 is 0 Å². The summed E-state index contributed by atoms with van der Waals surface area (Å²) in [6.45, 7) is 13.7. The van der Waals surface area contributed by atoms with Crippen molar-refractivity contribution < 1.29 is 22.1 Å². The molecule has 4 saturated carbocycles. The summed E-state index contributed by atoms with van der Waals surface area (Å²) < 4.78 is 35.8.